The van der Waals surface area contributed by atoms with E-state index in [1.807, 2.05) is 0 Å². The molecule has 0 aromatic heterocycles. The second-order valence-corrected chi connectivity index (χ2v) is 3.04. The predicted octanol–water partition coefficient (Wildman–Crippen LogP) is 2.08. The molecule has 0 fully saturated rings. The van der Waals surface area contributed by atoms with Gasteiger partial charge in [0, 0.05) is 7.05 Å². The third-order valence-electron chi connectivity index (χ3n) is 1.73. The molecule has 0 aliphatic rings. The van der Waals surface area contributed by atoms with Gasteiger partial charge in [-0.15, -0.1) is 0 Å². The Bertz CT molecular complexity index is 339. The highest BCUT2D eigenvalue weighted by atomic mass is 19.4. The summed E-state index contributed by atoms with van der Waals surface area (Å²) >= 11 is 0. The fourth-order valence-electron chi connectivity index (χ4n) is 0.983. The SMILES string of the molecule is CCOC(=O)/C=C(\N(C)C(=O)OCC)C(F)(F)F. The molecular formula is C10H14F3NO4. The van der Waals surface area contributed by atoms with Crippen molar-refractivity contribution in [2.24, 2.45) is 0 Å². The zero-order chi connectivity index (χ0) is 14.3. The summed E-state index contributed by atoms with van der Waals surface area (Å²) in [4.78, 5) is 22.4. The van der Waals surface area contributed by atoms with E-state index in [0.717, 1.165) is 7.05 Å². The Labute approximate surface area is 102 Å². The van der Waals surface area contributed by atoms with E-state index in [1.165, 1.54) is 13.8 Å². The van der Waals surface area contributed by atoms with Gasteiger partial charge < -0.3 is 9.47 Å². The molecule has 18 heavy (non-hydrogen) atoms. The number of amides is 1. The third kappa shape index (κ3) is 5.07. The number of ether oxygens (including phenoxy) is 2. The Morgan fingerprint density at radius 1 is 1.17 bits per heavy atom. The first-order valence-electron chi connectivity index (χ1n) is 5.10. The average Bonchev–Trinajstić information content (AvgIpc) is 2.24. The molecule has 0 rings (SSSR count). The molecule has 8 heteroatoms. The average molecular weight is 269 g/mol. The van der Waals surface area contributed by atoms with Crippen molar-refractivity contribution in [2.75, 3.05) is 20.3 Å². The Balaban J connectivity index is 5.13. The lowest BCUT2D eigenvalue weighted by molar-refractivity contribution is -0.139. The number of carbonyl (C=O) groups is 2. The van der Waals surface area contributed by atoms with Crippen LogP contribution in [0.5, 0.6) is 0 Å². The van der Waals surface area contributed by atoms with E-state index >= 15 is 0 Å². The Morgan fingerprint density at radius 3 is 2.06 bits per heavy atom. The van der Waals surface area contributed by atoms with Gasteiger partial charge in [0.15, 0.2) is 0 Å². The van der Waals surface area contributed by atoms with Gasteiger partial charge in [-0.25, -0.2) is 9.59 Å². The molecule has 0 saturated carbocycles. The summed E-state index contributed by atoms with van der Waals surface area (Å²) in [6, 6.07) is 0. The number of carbonyl (C=O) groups excluding carboxylic acids is 2. The lowest BCUT2D eigenvalue weighted by Gasteiger charge is -2.21. The smallest absolute Gasteiger partial charge is 0.431 e. The van der Waals surface area contributed by atoms with Crippen LogP contribution in [-0.2, 0) is 14.3 Å². The predicted molar refractivity (Wildman–Crippen MR) is 55.6 cm³/mol. The van der Waals surface area contributed by atoms with E-state index in [2.05, 4.69) is 9.47 Å². The Hall–Kier alpha value is -1.73. The quantitative estimate of drug-likeness (QED) is 0.579. The number of alkyl halides is 3. The number of hydrogen-bond acceptors (Lipinski definition) is 4. The molecule has 0 atom stereocenters. The number of halogens is 3. The second-order valence-electron chi connectivity index (χ2n) is 3.04. The molecule has 0 aliphatic heterocycles. The minimum absolute atomic E-state index is 0.0659. The number of nitrogens with zero attached hydrogens (tertiary/aromatic N) is 1. The highest BCUT2D eigenvalue weighted by Gasteiger charge is 2.39. The second kappa shape index (κ2) is 6.87. The van der Waals surface area contributed by atoms with Crippen molar-refractivity contribution >= 4 is 12.1 Å². The van der Waals surface area contributed by atoms with Crippen LogP contribution in [0.25, 0.3) is 0 Å². The van der Waals surface area contributed by atoms with Gasteiger partial charge >= 0.3 is 18.2 Å². The molecule has 5 nitrogen and oxygen atoms in total. The summed E-state index contributed by atoms with van der Waals surface area (Å²) in [6.45, 7) is 2.76. The van der Waals surface area contributed by atoms with Crippen LogP contribution in [0, 0.1) is 0 Å². The molecule has 0 saturated heterocycles. The zero-order valence-corrected chi connectivity index (χ0v) is 10.2. The molecule has 0 unspecified atom stereocenters. The molecule has 0 spiro atoms. The van der Waals surface area contributed by atoms with Crippen LogP contribution < -0.4 is 0 Å². The largest absolute Gasteiger partial charge is 0.463 e. The lowest BCUT2D eigenvalue weighted by Crippen LogP contribution is -2.34. The molecule has 0 aliphatic carbocycles. The molecule has 0 aromatic carbocycles. The van der Waals surface area contributed by atoms with Crippen molar-refractivity contribution < 1.29 is 32.2 Å². The van der Waals surface area contributed by atoms with Crippen molar-refractivity contribution in [1.82, 2.24) is 4.90 Å². The minimum atomic E-state index is -4.87. The molecule has 1 amide bonds. The van der Waals surface area contributed by atoms with Crippen LogP contribution >= 0.6 is 0 Å². The first kappa shape index (κ1) is 16.3. The van der Waals surface area contributed by atoms with Crippen molar-refractivity contribution in [3.05, 3.63) is 11.8 Å². The van der Waals surface area contributed by atoms with Gasteiger partial charge in [-0.2, -0.15) is 13.2 Å². The van der Waals surface area contributed by atoms with Crippen molar-refractivity contribution in [1.29, 1.82) is 0 Å². The van der Waals surface area contributed by atoms with Gasteiger partial charge in [0.25, 0.3) is 0 Å². The Kier molecular flexibility index (Phi) is 6.21. The van der Waals surface area contributed by atoms with E-state index < -0.39 is 23.9 Å². The summed E-state index contributed by atoms with van der Waals surface area (Å²) in [5.74, 6) is -1.18. The first-order chi connectivity index (χ1) is 8.23. The molecule has 0 aromatic rings. The van der Waals surface area contributed by atoms with Gasteiger partial charge in [-0.1, -0.05) is 0 Å². The minimum Gasteiger partial charge on any atom is -0.463 e. The number of hydrogen-bond donors (Lipinski definition) is 0. The van der Waals surface area contributed by atoms with Crippen molar-refractivity contribution in [2.45, 2.75) is 20.0 Å². The normalized spacial score (nSPS) is 12.0. The maximum Gasteiger partial charge on any atom is 0.431 e. The van der Waals surface area contributed by atoms with Gasteiger partial charge in [0.1, 0.15) is 5.70 Å². The maximum absolute atomic E-state index is 12.6. The highest BCUT2D eigenvalue weighted by molar-refractivity contribution is 5.84. The van der Waals surface area contributed by atoms with Gasteiger partial charge in [-0.3, -0.25) is 4.90 Å². The Morgan fingerprint density at radius 2 is 1.67 bits per heavy atom. The molecule has 104 valence electrons. The fourth-order valence-corrected chi connectivity index (χ4v) is 0.983. The third-order valence-corrected chi connectivity index (χ3v) is 1.73. The summed E-state index contributed by atoms with van der Waals surface area (Å²) in [7, 11) is 0.858. The van der Waals surface area contributed by atoms with Crippen molar-refractivity contribution in [3.8, 4) is 0 Å². The van der Waals surface area contributed by atoms with Gasteiger partial charge in [-0.05, 0) is 13.8 Å². The summed E-state index contributed by atoms with van der Waals surface area (Å²) in [5.41, 5.74) is -1.44. The molecule has 0 N–H and O–H groups in total. The van der Waals surface area contributed by atoms with E-state index in [9.17, 15) is 22.8 Å². The van der Waals surface area contributed by atoms with Crippen LogP contribution in [-0.4, -0.2) is 43.4 Å². The summed E-state index contributed by atoms with van der Waals surface area (Å²) in [5, 5.41) is 0. The molecule has 0 radical (unpaired) electrons. The standard InChI is InChI=1S/C10H14F3NO4/c1-4-17-8(15)6-7(10(11,12)13)14(3)9(16)18-5-2/h6H,4-5H2,1-3H3/b7-6-. The van der Waals surface area contributed by atoms with Crippen molar-refractivity contribution in [3.63, 3.8) is 0 Å². The number of rotatable bonds is 4. The number of esters is 1. The van der Waals surface area contributed by atoms with Crippen LogP contribution in [0.1, 0.15) is 13.8 Å². The summed E-state index contributed by atoms with van der Waals surface area (Å²) in [6.07, 6.45) is -5.86. The van der Waals surface area contributed by atoms with Gasteiger partial charge in [0.2, 0.25) is 0 Å². The highest BCUT2D eigenvalue weighted by Crippen LogP contribution is 2.28. The number of allylic oxidation sites excluding steroid dienone is 1. The summed E-state index contributed by atoms with van der Waals surface area (Å²) < 4.78 is 46.7. The van der Waals surface area contributed by atoms with E-state index in [0.29, 0.717) is 0 Å². The van der Waals surface area contributed by atoms with E-state index in [-0.39, 0.29) is 24.2 Å². The molecular weight excluding hydrogens is 255 g/mol. The van der Waals surface area contributed by atoms with Crippen LogP contribution in [0.15, 0.2) is 11.8 Å². The molecule has 0 heterocycles. The van der Waals surface area contributed by atoms with Gasteiger partial charge in [0.05, 0.1) is 19.3 Å². The van der Waals surface area contributed by atoms with Crippen LogP contribution in [0.4, 0.5) is 18.0 Å². The zero-order valence-electron chi connectivity index (χ0n) is 10.2. The first-order valence-corrected chi connectivity index (χ1v) is 5.10. The van der Waals surface area contributed by atoms with E-state index in [1.54, 1.807) is 0 Å². The fraction of sp³-hybridized carbons (Fsp3) is 0.600. The van der Waals surface area contributed by atoms with Crippen LogP contribution in [0.2, 0.25) is 0 Å². The topological polar surface area (TPSA) is 55.8 Å². The molecule has 0 bridgehead atoms. The lowest BCUT2D eigenvalue weighted by atomic mass is 10.3. The monoisotopic (exact) mass is 269 g/mol. The van der Waals surface area contributed by atoms with Crippen LogP contribution in [0.3, 0.4) is 0 Å². The van der Waals surface area contributed by atoms with E-state index in [4.69, 9.17) is 0 Å². The maximum atomic E-state index is 12.6.